The van der Waals surface area contributed by atoms with Crippen LogP contribution in [0.15, 0.2) is 36.7 Å². The van der Waals surface area contributed by atoms with Gasteiger partial charge in [-0.05, 0) is 30.7 Å². The summed E-state index contributed by atoms with van der Waals surface area (Å²) in [6, 6.07) is 6.93. The van der Waals surface area contributed by atoms with Crippen LogP contribution in [0, 0.1) is 6.92 Å². The van der Waals surface area contributed by atoms with Crippen LogP contribution in [0.2, 0.25) is 5.02 Å². The average Bonchev–Trinajstić information content (AvgIpc) is 2.29. The van der Waals surface area contributed by atoms with Crippen molar-refractivity contribution in [3.05, 3.63) is 52.8 Å². The molecule has 0 saturated heterocycles. The van der Waals surface area contributed by atoms with E-state index in [1.165, 1.54) is 6.20 Å². The summed E-state index contributed by atoms with van der Waals surface area (Å²) in [7, 11) is 0. The van der Waals surface area contributed by atoms with E-state index in [0.717, 1.165) is 11.8 Å². The van der Waals surface area contributed by atoms with Gasteiger partial charge in [-0.25, -0.2) is 0 Å². The number of ether oxygens (including phenoxy) is 1. The first-order valence-corrected chi connectivity index (χ1v) is 5.41. The number of nitrogens with zero attached hydrogens (tertiary/aromatic N) is 1. The fourth-order valence-corrected chi connectivity index (χ4v) is 1.59. The molecule has 0 N–H and O–H groups in total. The number of carbonyl (C=O) groups excluding carboxylic acids is 1. The molecular weight excluding hydrogens is 238 g/mol. The molecule has 0 spiro atoms. The molecule has 0 radical (unpaired) electrons. The van der Waals surface area contributed by atoms with Crippen LogP contribution in [0.25, 0.3) is 0 Å². The van der Waals surface area contributed by atoms with Gasteiger partial charge in [0.15, 0.2) is 0 Å². The molecule has 0 aliphatic rings. The molecule has 2 aromatic rings. The Labute approximate surface area is 104 Å². The van der Waals surface area contributed by atoms with Gasteiger partial charge in [-0.15, -0.1) is 0 Å². The minimum Gasteiger partial charge on any atom is -0.456 e. The van der Waals surface area contributed by atoms with Crippen LogP contribution in [0.4, 0.5) is 0 Å². The summed E-state index contributed by atoms with van der Waals surface area (Å²) in [6.45, 7) is 1.85. The van der Waals surface area contributed by atoms with Gasteiger partial charge in [0.05, 0.1) is 11.2 Å². The molecule has 4 heteroatoms. The van der Waals surface area contributed by atoms with E-state index in [0.29, 0.717) is 22.1 Å². The maximum Gasteiger partial charge on any atom is 0.150 e. The summed E-state index contributed by atoms with van der Waals surface area (Å²) in [5.74, 6) is 1.22. The SMILES string of the molecule is Cc1cc(Oc2cncc(Cl)c2)ccc1C=O. The molecule has 0 fully saturated rings. The maximum absolute atomic E-state index is 10.7. The Morgan fingerprint density at radius 2 is 2.06 bits per heavy atom. The molecule has 0 aliphatic carbocycles. The normalized spacial score (nSPS) is 10.0. The van der Waals surface area contributed by atoms with Crippen molar-refractivity contribution < 1.29 is 9.53 Å². The zero-order valence-corrected chi connectivity index (χ0v) is 9.94. The number of hydrogen-bond acceptors (Lipinski definition) is 3. The molecule has 0 saturated carbocycles. The Bertz CT molecular complexity index is 555. The summed E-state index contributed by atoms with van der Waals surface area (Å²) in [4.78, 5) is 14.6. The summed E-state index contributed by atoms with van der Waals surface area (Å²) in [5.41, 5.74) is 1.52. The molecule has 0 bridgehead atoms. The Balaban J connectivity index is 2.24. The molecule has 1 aromatic heterocycles. The second kappa shape index (κ2) is 4.97. The smallest absolute Gasteiger partial charge is 0.150 e. The molecule has 86 valence electrons. The fraction of sp³-hybridized carbons (Fsp3) is 0.0769. The fourth-order valence-electron chi connectivity index (χ4n) is 1.43. The van der Waals surface area contributed by atoms with Gasteiger partial charge in [-0.2, -0.15) is 0 Å². The van der Waals surface area contributed by atoms with Crippen molar-refractivity contribution >= 4 is 17.9 Å². The predicted molar refractivity (Wildman–Crippen MR) is 65.9 cm³/mol. The van der Waals surface area contributed by atoms with Gasteiger partial charge in [0.1, 0.15) is 17.8 Å². The molecule has 0 aliphatic heterocycles. The summed E-state index contributed by atoms with van der Waals surface area (Å²) >= 11 is 5.80. The lowest BCUT2D eigenvalue weighted by molar-refractivity contribution is 0.112. The number of benzene rings is 1. The molecule has 2 rings (SSSR count). The standard InChI is InChI=1S/C13H10ClNO2/c1-9-4-12(3-2-10(9)8-16)17-13-5-11(14)6-15-7-13/h2-8H,1H3. The van der Waals surface area contributed by atoms with E-state index in [9.17, 15) is 4.79 Å². The molecule has 0 atom stereocenters. The Morgan fingerprint density at radius 3 is 2.71 bits per heavy atom. The van der Waals surface area contributed by atoms with E-state index >= 15 is 0 Å². The number of pyridine rings is 1. The van der Waals surface area contributed by atoms with Gasteiger partial charge in [0.25, 0.3) is 0 Å². The van der Waals surface area contributed by atoms with Crippen molar-refractivity contribution in [2.75, 3.05) is 0 Å². The minimum absolute atomic E-state index is 0.517. The third kappa shape index (κ3) is 2.82. The van der Waals surface area contributed by atoms with E-state index in [1.807, 2.05) is 6.92 Å². The minimum atomic E-state index is 0.517. The van der Waals surface area contributed by atoms with Crippen LogP contribution >= 0.6 is 11.6 Å². The van der Waals surface area contributed by atoms with Crippen molar-refractivity contribution in [2.45, 2.75) is 6.92 Å². The van der Waals surface area contributed by atoms with E-state index in [1.54, 1.807) is 30.5 Å². The predicted octanol–water partition coefficient (Wildman–Crippen LogP) is 3.65. The number of hydrogen-bond donors (Lipinski definition) is 0. The van der Waals surface area contributed by atoms with Gasteiger partial charge in [0.2, 0.25) is 0 Å². The van der Waals surface area contributed by atoms with Crippen LogP contribution in [0.5, 0.6) is 11.5 Å². The topological polar surface area (TPSA) is 39.2 Å². The van der Waals surface area contributed by atoms with E-state index in [4.69, 9.17) is 16.3 Å². The first-order chi connectivity index (χ1) is 8.19. The lowest BCUT2D eigenvalue weighted by Gasteiger charge is -2.07. The highest BCUT2D eigenvalue weighted by molar-refractivity contribution is 6.30. The number of aryl methyl sites for hydroxylation is 1. The number of carbonyl (C=O) groups is 1. The van der Waals surface area contributed by atoms with E-state index < -0.39 is 0 Å². The number of rotatable bonds is 3. The first kappa shape index (κ1) is 11.6. The first-order valence-electron chi connectivity index (χ1n) is 5.03. The molecule has 1 aromatic carbocycles. The lowest BCUT2D eigenvalue weighted by Crippen LogP contribution is -1.89. The highest BCUT2D eigenvalue weighted by Gasteiger charge is 2.02. The Hall–Kier alpha value is -1.87. The molecule has 1 heterocycles. The van der Waals surface area contributed by atoms with Gasteiger partial charge >= 0.3 is 0 Å². The lowest BCUT2D eigenvalue weighted by atomic mass is 10.1. The highest BCUT2D eigenvalue weighted by atomic mass is 35.5. The molecule has 3 nitrogen and oxygen atoms in total. The van der Waals surface area contributed by atoms with Crippen LogP contribution in [-0.2, 0) is 0 Å². The molecule has 0 unspecified atom stereocenters. The number of aromatic nitrogens is 1. The third-order valence-electron chi connectivity index (χ3n) is 2.28. The Morgan fingerprint density at radius 1 is 1.24 bits per heavy atom. The zero-order valence-electron chi connectivity index (χ0n) is 9.18. The second-order valence-electron chi connectivity index (χ2n) is 3.58. The van der Waals surface area contributed by atoms with Crippen molar-refractivity contribution in [1.29, 1.82) is 0 Å². The quantitative estimate of drug-likeness (QED) is 0.777. The van der Waals surface area contributed by atoms with Gasteiger partial charge in [-0.1, -0.05) is 11.6 Å². The largest absolute Gasteiger partial charge is 0.456 e. The van der Waals surface area contributed by atoms with E-state index in [2.05, 4.69) is 4.98 Å². The van der Waals surface area contributed by atoms with Crippen LogP contribution in [-0.4, -0.2) is 11.3 Å². The molecule has 0 amide bonds. The summed E-state index contributed by atoms with van der Waals surface area (Å²) < 4.78 is 5.58. The summed E-state index contributed by atoms with van der Waals surface area (Å²) in [6.07, 6.45) is 3.93. The van der Waals surface area contributed by atoms with Crippen LogP contribution < -0.4 is 4.74 Å². The van der Waals surface area contributed by atoms with Crippen LogP contribution in [0.3, 0.4) is 0 Å². The second-order valence-corrected chi connectivity index (χ2v) is 4.01. The van der Waals surface area contributed by atoms with Gasteiger partial charge in [-0.3, -0.25) is 9.78 Å². The number of halogens is 1. The van der Waals surface area contributed by atoms with Gasteiger partial charge < -0.3 is 4.74 Å². The van der Waals surface area contributed by atoms with Crippen LogP contribution in [0.1, 0.15) is 15.9 Å². The maximum atomic E-state index is 10.7. The summed E-state index contributed by atoms with van der Waals surface area (Å²) in [5, 5.41) is 0.517. The highest BCUT2D eigenvalue weighted by Crippen LogP contribution is 2.24. The monoisotopic (exact) mass is 247 g/mol. The van der Waals surface area contributed by atoms with Crippen molar-refractivity contribution in [3.8, 4) is 11.5 Å². The zero-order chi connectivity index (χ0) is 12.3. The van der Waals surface area contributed by atoms with Crippen molar-refractivity contribution in [1.82, 2.24) is 4.98 Å². The van der Waals surface area contributed by atoms with E-state index in [-0.39, 0.29) is 0 Å². The van der Waals surface area contributed by atoms with Crippen molar-refractivity contribution in [2.24, 2.45) is 0 Å². The van der Waals surface area contributed by atoms with Crippen molar-refractivity contribution in [3.63, 3.8) is 0 Å². The molecular formula is C13H10ClNO2. The third-order valence-corrected chi connectivity index (χ3v) is 2.49. The van der Waals surface area contributed by atoms with Gasteiger partial charge in [0, 0.05) is 17.8 Å². The average molecular weight is 248 g/mol. The number of aldehydes is 1. The Kier molecular flexibility index (Phi) is 3.40. The molecule has 17 heavy (non-hydrogen) atoms.